The lowest BCUT2D eigenvalue weighted by Crippen LogP contribution is -2.16. The Morgan fingerprint density at radius 3 is 2.06 bits per heavy atom. The first-order valence-corrected chi connectivity index (χ1v) is 6.66. The number of carboxylic acids is 2. The van der Waals surface area contributed by atoms with Crippen LogP contribution < -0.4 is 0 Å². The van der Waals surface area contributed by atoms with Gasteiger partial charge in [0.1, 0.15) is 0 Å². The fraction of sp³-hybridized carbons (Fsp3) is 0.857. The van der Waals surface area contributed by atoms with Gasteiger partial charge in [-0.15, -0.1) is 0 Å². The lowest BCUT2D eigenvalue weighted by atomic mass is 9.78. The highest BCUT2D eigenvalue weighted by molar-refractivity contribution is 5.66. The van der Waals surface area contributed by atoms with Crippen molar-refractivity contribution in [1.82, 2.24) is 0 Å². The lowest BCUT2D eigenvalue weighted by molar-refractivity contribution is -0.138. The molecule has 4 heteroatoms. The topological polar surface area (TPSA) is 74.6 Å². The van der Waals surface area contributed by atoms with Crippen molar-refractivity contribution in [3.8, 4) is 0 Å². The molecule has 0 bridgehead atoms. The van der Waals surface area contributed by atoms with E-state index in [-0.39, 0.29) is 18.3 Å². The molecule has 18 heavy (non-hydrogen) atoms. The van der Waals surface area contributed by atoms with Crippen LogP contribution in [0.4, 0.5) is 0 Å². The average Bonchev–Trinajstić information content (AvgIpc) is 2.14. The molecule has 0 aliphatic carbocycles. The van der Waals surface area contributed by atoms with Gasteiger partial charge in [0.15, 0.2) is 0 Å². The van der Waals surface area contributed by atoms with Crippen LogP contribution in [0.3, 0.4) is 0 Å². The summed E-state index contributed by atoms with van der Waals surface area (Å²) < 4.78 is 0. The van der Waals surface area contributed by atoms with Crippen molar-refractivity contribution in [3.05, 3.63) is 0 Å². The van der Waals surface area contributed by atoms with E-state index < -0.39 is 11.9 Å². The molecule has 0 fully saturated rings. The molecule has 106 valence electrons. The Morgan fingerprint density at radius 2 is 1.56 bits per heavy atom. The van der Waals surface area contributed by atoms with Crippen molar-refractivity contribution < 1.29 is 19.8 Å². The third kappa shape index (κ3) is 10.1. The Hall–Kier alpha value is -1.06. The van der Waals surface area contributed by atoms with Crippen molar-refractivity contribution >= 4 is 11.9 Å². The minimum absolute atomic E-state index is 0.137. The van der Waals surface area contributed by atoms with Crippen LogP contribution in [-0.4, -0.2) is 22.2 Å². The van der Waals surface area contributed by atoms with Crippen molar-refractivity contribution in [2.75, 3.05) is 0 Å². The van der Waals surface area contributed by atoms with E-state index in [2.05, 4.69) is 20.8 Å². The Kier molecular flexibility index (Phi) is 7.64. The number of hydrogen-bond donors (Lipinski definition) is 2. The summed E-state index contributed by atoms with van der Waals surface area (Å²) in [5.74, 6) is -0.979. The van der Waals surface area contributed by atoms with Gasteiger partial charge in [0, 0.05) is 12.8 Å². The second kappa shape index (κ2) is 8.11. The predicted molar refractivity (Wildman–Crippen MR) is 70.5 cm³/mol. The van der Waals surface area contributed by atoms with Crippen LogP contribution in [0, 0.1) is 11.3 Å². The zero-order chi connectivity index (χ0) is 14.2. The number of hydrogen-bond acceptors (Lipinski definition) is 2. The first kappa shape index (κ1) is 16.9. The van der Waals surface area contributed by atoms with Crippen molar-refractivity contribution in [1.29, 1.82) is 0 Å². The van der Waals surface area contributed by atoms with Crippen molar-refractivity contribution in [2.24, 2.45) is 11.3 Å². The van der Waals surface area contributed by atoms with Gasteiger partial charge in [-0.2, -0.15) is 0 Å². The van der Waals surface area contributed by atoms with Crippen LogP contribution in [0.25, 0.3) is 0 Å². The summed E-state index contributed by atoms with van der Waals surface area (Å²) in [5, 5.41) is 17.2. The zero-order valence-corrected chi connectivity index (χ0v) is 11.7. The molecule has 4 nitrogen and oxygen atoms in total. The van der Waals surface area contributed by atoms with E-state index in [9.17, 15) is 9.59 Å². The van der Waals surface area contributed by atoms with Gasteiger partial charge in [0.25, 0.3) is 0 Å². The first-order valence-electron chi connectivity index (χ1n) is 6.66. The number of carbonyl (C=O) groups is 2. The average molecular weight is 258 g/mol. The molecule has 0 aliphatic heterocycles. The molecule has 0 aromatic heterocycles. The molecular weight excluding hydrogens is 232 g/mol. The van der Waals surface area contributed by atoms with E-state index in [4.69, 9.17) is 10.2 Å². The summed E-state index contributed by atoms with van der Waals surface area (Å²) >= 11 is 0. The Labute approximate surface area is 109 Å². The number of rotatable bonds is 10. The normalized spacial score (nSPS) is 13.3. The molecule has 0 heterocycles. The Bertz CT molecular complexity index is 271. The summed E-state index contributed by atoms with van der Waals surface area (Å²) in [6, 6.07) is 0. The number of carboxylic acid groups (broad SMARTS) is 2. The molecule has 0 radical (unpaired) electrons. The molecule has 0 amide bonds. The molecule has 0 aromatic carbocycles. The lowest BCUT2D eigenvalue weighted by Gasteiger charge is -2.28. The highest BCUT2D eigenvalue weighted by Gasteiger charge is 2.21. The van der Waals surface area contributed by atoms with Gasteiger partial charge in [0.05, 0.1) is 0 Å². The standard InChI is InChI=1S/C14H26O4/c1-11(6-4-7-12(15)16)10-14(2,3)9-5-8-13(17)18/h11H,4-10H2,1-3H3,(H,15,16)(H,17,18). The van der Waals surface area contributed by atoms with Gasteiger partial charge >= 0.3 is 11.9 Å². The Balaban J connectivity index is 3.84. The second-order valence-corrected chi connectivity index (χ2v) is 6.01. The van der Waals surface area contributed by atoms with E-state index in [0.29, 0.717) is 12.3 Å². The summed E-state index contributed by atoms with van der Waals surface area (Å²) in [6.45, 7) is 6.45. The maximum Gasteiger partial charge on any atom is 0.303 e. The molecule has 0 rings (SSSR count). The van der Waals surface area contributed by atoms with Crippen LogP contribution in [0.15, 0.2) is 0 Å². The SMILES string of the molecule is CC(CCCC(=O)O)CC(C)(C)CCCC(=O)O. The van der Waals surface area contributed by atoms with Gasteiger partial charge in [-0.05, 0) is 37.0 Å². The molecule has 1 unspecified atom stereocenters. The van der Waals surface area contributed by atoms with Crippen molar-refractivity contribution in [2.45, 2.75) is 65.7 Å². The third-order valence-electron chi connectivity index (χ3n) is 3.23. The highest BCUT2D eigenvalue weighted by atomic mass is 16.4. The summed E-state index contributed by atoms with van der Waals surface area (Å²) in [7, 11) is 0. The highest BCUT2D eigenvalue weighted by Crippen LogP contribution is 2.32. The fourth-order valence-electron chi connectivity index (χ4n) is 2.47. The van der Waals surface area contributed by atoms with Gasteiger partial charge in [-0.25, -0.2) is 0 Å². The van der Waals surface area contributed by atoms with Crippen LogP contribution in [0.2, 0.25) is 0 Å². The maximum atomic E-state index is 10.5. The molecule has 2 N–H and O–H groups in total. The zero-order valence-electron chi connectivity index (χ0n) is 11.7. The monoisotopic (exact) mass is 258 g/mol. The molecule has 1 atom stereocenters. The second-order valence-electron chi connectivity index (χ2n) is 6.01. The molecular formula is C14H26O4. The third-order valence-corrected chi connectivity index (χ3v) is 3.23. The summed E-state index contributed by atoms with van der Waals surface area (Å²) in [6.07, 6.45) is 4.76. The minimum atomic E-state index is -0.736. The van der Waals surface area contributed by atoms with Gasteiger partial charge < -0.3 is 10.2 Å². The minimum Gasteiger partial charge on any atom is -0.481 e. The quantitative estimate of drug-likeness (QED) is 0.628. The molecule has 0 aliphatic rings. The predicted octanol–water partition coefficient (Wildman–Crippen LogP) is 3.55. The molecule has 0 saturated heterocycles. The van der Waals surface area contributed by atoms with Gasteiger partial charge in [0.2, 0.25) is 0 Å². The van der Waals surface area contributed by atoms with Crippen LogP contribution >= 0.6 is 0 Å². The Morgan fingerprint density at radius 1 is 1.06 bits per heavy atom. The van der Waals surface area contributed by atoms with Crippen LogP contribution in [0.5, 0.6) is 0 Å². The smallest absolute Gasteiger partial charge is 0.303 e. The van der Waals surface area contributed by atoms with Gasteiger partial charge in [-0.1, -0.05) is 27.2 Å². The molecule has 0 saturated carbocycles. The maximum absolute atomic E-state index is 10.5. The van der Waals surface area contributed by atoms with Crippen LogP contribution in [0.1, 0.15) is 65.7 Å². The number of aliphatic carboxylic acids is 2. The van der Waals surface area contributed by atoms with E-state index in [1.54, 1.807) is 0 Å². The van der Waals surface area contributed by atoms with E-state index in [1.807, 2.05) is 0 Å². The van der Waals surface area contributed by atoms with Crippen molar-refractivity contribution in [3.63, 3.8) is 0 Å². The summed E-state index contributed by atoms with van der Waals surface area (Å²) in [4.78, 5) is 20.9. The van der Waals surface area contributed by atoms with Crippen LogP contribution in [-0.2, 0) is 9.59 Å². The van der Waals surface area contributed by atoms with E-state index >= 15 is 0 Å². The molecule has 0 spiro atoms. The largest absolute Gasteiger partial charge is 0.481 e. The fourth-order valence-corrected chi connectivity index (χ4v) is 2.47. The van der Waals surface area contributed by atoms with E-state index in [1.165, 1.54) is 0 Å². The first-order chi connectivity index (χ1) is 8.23. The molecule has 0 aromatic rings. The summed E-state index contributed by atoms with van der Waals surface area (Å²) in [5.41, 5.74) is 0.137. The van der Waals surface area contributed by atoms with E-state index in [0.717, 1.165) is 25.7 Å². The van der Waals surface area contributed by atoms with Gasteiger partial charge in [-0.3, -0.25) is 9.59 Å².